The van der Waals surface area contributed by atoms with Crippen molar-refractivity contribution in [3.8, 4) is 0 Å². The van der Waals surface area contributed by atoms with Crippen molar-refractivity contribution in [1.29, 1.82) is 0 Å². The number of rotatable bonds is 3. The van der Waals surface area contributed by atoms with E-state index in [2.05, 4.69) is 20.1 Å². The molecule has 1 aromatic rings. The smallest absolute Gasteiger partial charge is 0.164 e. The van der Waals surface area contributed by atoms with E-state index >= 15 is 0 Å². The van der Waals surface area contributed by atoms with Crippen LogP contribution in [0.5, 0.6) is 0 Å². The minimum atomic E-state index is -0.0625. The normalized spacial score (nSPS) is 18.2. The highest BCUT2D eigenvalue weighted by Gasteiger charge is 2.13. The highest BCUT2D eigenvalue weighted by atomic mass is 16.3. The van der Waals surface area contributed by atoms with Crippen LogP contribution in [0.15, 0.2) is 0 Å². The highest BCUT2D eigenvalue weighted by molar-refractivity contribution is 4.89. The molecular weight excluding hydrogens is 168 g/mol. The summed E-state index contributed by atoms with van der Waals surface area (Å²) in [5.74, 6) is 1.33. The monoisotopic (exact) mass is 182 g/mol. The largest absolute Gasteiger partial charge is 0.388 e. The molecule has 1 aromatic heterocycles. The van der Waals surface area contributed by atoms with E-state index in [0.29, 0.717) is 5.82 Å². The molecule has 2 heterocycles. The van der Waals surface area contributed by atoms with Gasteiger partial charge in [0, 0.05) is 0 Å². The Morgan fingerprint density at radius 1 is 1.38 bits per heavy atom. The van der Waals surface area contributed by atoms with E-state index in [9.17, 15) is 0 Å². The van der Waals surface area contributed by atoms with E-state index in [0.717, 1.165) is 25.5 Å². The maximum Gasteiger partial charge on any atom is 0.164 e. The molecule has 5 nitrogen and oxygen atoms in total. The van der Waals surface area contributed by atoms with E-state index in [1.54, 1.807) is 0 Å². The molecule has 0 saturated carbocycles. The van der Waals surface area contributed by atoms with Gasteiger partial charge >= 0.3 is 0 Å². The second kappa shape index (κ2) is 3.85. The molecule has 72 valence electrons. The second-order valence-corrected chi connectivity index (χ2v) is 3.34. The molecule has 0 unspecified atom stereocenters. The third-order valence-corrected chi connectivity index (χ3v) is 2.29. The molecule has 0 radical (unpaired) electrons. The van der Waals surface area contributed by atoms with Gasteiger partial charge in [0.25, 0.3) is 0 Å². The average Bonchev–Trinajstić information content (AvgIpc) is 2.76. The van der Waals surface area contributed by atoms with E-state index in [1.807, 2.05) is 0 Å². The lowest BCUT2D eigenvalue weighted by Crippen LogP contribution is -2.19. The van der Waals surface area contributed by atoms with E-state index in [4.69, 9.17) is 5.11 Å². The number of aromatic nitrogens is 3. The zero-order valence-corrected chi connectivity index (χ0v) is 7.53. The van der Waals surface area contributed by atoms with Gasteiger partial charge in [0.2, 0.25) is 0 Å². The standard InChI is InChI=1S/C8H14N4O/c13-6-8-9-7(10-11-8)5-12-3-1-2-4-12/h13H,1-6H2,(H,9,10,11). The number of nitrogens with one attached hydrogen (secondary N) is 1. The van der Waals surface area contributed by atoms with Gasteiger partial charge in [-0.05, 0) is 25.9 Å². The zero-order chi connectivity index (χ0) is 9.10. The number of likely N-dealkylation sites (tertiary alicyclic amines) is 1. The van der Waals surface area contributed by atoms with Gasteiger partial charge in [0.05, 0.1) is 6.54 Å². The predicted molar refractivity (Wildman–Crippen MR) is 46.8 cm³/mol. The molecule has 0 atom stereocenters. The van der Waals surface area contributed by atoms with Crippen molar-refractivity contribution in [3.63, 3.8) is 0 Å². The zero-order valence-electron chi connectivity index (χ0n) is 7.53. The van der Waals surface area contributed by atoms with Crippen molar-refractivity contribution >= 4 is 0 Å². The van der Waals surface area contributed by atoms with Crippen molar-refractivity contribution in [2.45, 2.75) is 26.0 Å². The molecule has 1 aliphatic heterocycles. The lowest BCUT2D eigenvalue weighted by Gasteiger charge is -2.10. The van der Waals surface area contributed by atoms with Crippen molar-refractivity contribution in [1.82, 2.24) is 20.1 Å². The van der Waals surface area contributed by atoms with Gasteiger partial charge in [-0.3, -0.25) is 10.00 Å². The van der Waals surface area contributed by atoms with Crippen LogP contribution in [-0.4, -0.2) is 38.3 Å². The van der Waals surface area contributed by atoms with Crippen molar-refractivity contribution < 1.29 is 5.11 Å². The summed E-state index contributed by atoms with van der Waals surface area (Å²) in [4.78, 5) is 6.46. The summed E-state index contributed by atoms with van der Waals surface area (Å²) in [6.45, 7) is 3.02. The number of hydrogen-bond acceptors (Lipinski definition) is 4. The average molecular weight is 182 g/mol. The fourth-order valence-corrected chi connectivity index (χ4v) is 1.62. The van der Waals surface area contributed by atoms with Gasteiger partial charge in [-0.15, -0.1) is 0 Å². The molecule has 0 aliphatic carbocycles. The third-order valence-electron chi connectivity index (χ3n) is 2.29. The second-order valence-electron chi connectivity index (χ2n) is 3.34. The van der Waals surface area contributed by atoms with Crippen LogP contribution >= 0.6 is 0 Å². The Kier molecular flexibility index (Phi) is 2.56. The van der Waals surface area contributed by atoms with Crippen LogP contribution in [0.4, 0.5) is 0 Å². The number of aliphatic hydroxyl groups excluding tert-OH is 1. The summed E-state index contributed by atoms with van der Waals surface area (Å²) in [6, 6.07) is 0. The summed E-state index contributed by atoms with van der Waals surface area (Å²) in [6.07, 6.45) is 2.55. The number of aliphatic hydroxyl groups is 1. The van der Waals surface area contributed by atoms with Crippen molar-refractivity contribution in [2.75, 3.05) is 13.1 Å². The Balaban J connectivity index is 1.92. The Bertz CT molecular complexity index is 267. The van der Waals surface area contributed by atoms with Crippen molar-refractivity contribution in [2.24, 2.45) is 0 Å². The first-order valence-corrected chi connectivity index (χ1v) is 4.62. The van der Waals surface area contributed by atoms with E-state index in [-0.39, 0.29) is 6.61 Å². The molecule has 0 spiro atoms. The molecular formula is C8H14N4O. The first kappa shape index (κ1) is 8.65. The van der Waals surface area contributed by atoms with Gasteiger partial charge in [0.1, 0.15) is 12.4 Å². The molecule has 0 amide bonds. The van der Waals surface area contributed by atoms with E-state index < -0.39 is 0 Å². The van der Waals surface area contributed by atoms with Gasteiger partial charge in [0.15, 0.2) is 5.82 Å². The van der Waals surface area contributed by atoms with Crippen LogP contribution in [0.25, 0.3) is 0 Å². The number of aromatic amines is 1. The maximum absolute atomic E-state index is 8.76. The minimum Gasteiger partial charge on any atom is -0.388 e. The Labute approximate surface area is 76.8 Å². The quantitative estimate of drug-likeness (QED) is 0.684. The van der Waals surface area contributed by atoms with E-state index in [1.165, 1.54) is 12.8 Å². The molecule has 0 aromatic carbocycles. The SMILES string of the molecule is OCc1nc(CN2CCCC2)n[nH]1. The van der Waals surface area contributed by atoms with Crippen LogP contribution in [0.2, 0.25) is 0 Å². The van der Waals surface area contributed by atoms with Crippen LogP contribution < -0.4 is 0 Å². The van der Waals surface area contributed by atoms with Gasteiger partial charge in [-0.2, -0.15) is 5.10 Å². The van der Waals surface area contributed by atoms with Crippen LogP contribution in [-0.2, 0) is 13.2 Å². The summed E-state index contributed by atoms with van der Waals surface area (Å²) in [5, 5.41) is 15.5. The Morgan fingerprint density at radius 2 is 2.15 bits per heavy atom. The summed E-state index contributed by atoms with van der Waals surface area (Å²) < 4.78 is 0. The summed E-state index contributed by atoms with van der Waals surface area (Å²) >= 11 is 0. The molecule has 1 aliphatic rings. The minimum absolute atomic E-state index is 0.0625. The van der Waals surface area contributed by atoms with Crippen LogP contribution in [0.3, 0.4) is 0 Å². The maximum atomic E-state index is 8.76. The first-order chi connectivity index (χ1) is 6.38. The molecule has 5 heteroatoms. The Morgan fingerprint density at radius 3 is 2.77 bits per heavy atom. The highest BCUT2D eigenvalue weighted by Crippen LogP contribution is 2.09. The van der Waals surface area contributed by atoms with Gasteiger partial charge in [-0.25, -0.2) is 4.98 Å². The molecule has 2 N–H and O–H groups in total. The molecule has 0 bridgehead atoms. The summed E-state index contributed by atoms with van der Waals surface area (Å²) in [7, 11) is 0. The molecule has 2 rings (SSSR count). The van der Waals surface area contributed by atoms with Crippen LogP contribution in [0, 0.1) is 0 Å². The topological polar surface area (TPSA) is 65.0 Å². The third kappa shape index (κ3) is 2.05. The number of nitrogens with zero attached hydrogens (tertiary/aromatic N) is 3. The fraction of sp³-hybridized carbons (Fsp3) is 0.750. The predicted octanol–water partition coefficient (Wildman–Crippen LogP) is -0.107. The van der Waals surface area contributed by atoms with Crippen LogP contribution in [0.1, 0.15) is 24.5 Å². The molecule has 1 fully saturated rings. The number of hydrogen-bond donors (Lipinski definition) is 2. The number of H-pyrrole nitrogens is 1. The van der Waals surface area contributed by atoms with Gasteiger partial charge < -0.3 is 5.11 Å². The molecule has 1 saturated heterocycles. The Hall–Kier alpha value is -0.940. The van der Waals surface area contributed by atoms with Gasteiger partial charge in [-0.1, -0.05) is 0 Å². The van der Waals surface area contributed by atoms with Crippen molar-refractivity contribution in [3.05, 3.63) is 11.6 Å². The molecule has 13 heavy (non-hydrogen) atoms. The first-order valence-electron chi connectivity index (χ1n) is 4.62. The fourth-order valence-electron chi connectivity index (χ4n) is 1.62. The summed E-state index contributed by atoms with van der Waals surface area (Å²) in [5.41, 5.74) is 0. The lowest BCUT2D eigenvalue weighted by molar-refractivity contribution is 0.271. The lowest BCUT2D eigenvalue weighted by atomic mass is 10.4.